The molecule has 0 aliphatic carbocycles. The lowest BCUT2D eigenvalue weighted by molar-refractivity contribution is 0.102. The molecule has 1 atom stereocenters. The van der Waals surface area contributed by atoms with Crippen LogP contribution in [0.1, 0.15) is 16.9 Å². The molecule has 1 aromatic carbocycles. The van der Waals surface area contributed by atoms with Crippen LogP contribution in [0.4, 0.5) is 17.2 Å². The third-order valence-corrected chi connectivity index (χ3v) is 6.21. The summed E-state index contributed by atoms with van der Waals surface area (Å²) < 4.78 is 11.5. The van der Waals surface area contributed by atoms with Crippen LogP contribution in [-0.4, -0.2) is 79.1 Å². The molecule has 0 unspecified atom stereocenters. The van der Waals surface area contributed by atoms with E-state index in [-0.39, 0.29) is 17.6 Å². The Balaban J connectivity index is 1.32. The van der Waals surface area contributed by atoms with Crippen LogP contribution in [0.15, 0.2) is 48.9 Å². The van der Waals surface area contributed by atoms with Crippen molar-refractivity contribution in [3.05, 3.63) is 54.6 Å². The number of hydrogen-bond donors (Lipinski definition) is 2. The van der Waals surface area contributed by atoms with Gasteiger partial charge < -0.3 is 30.2 Å². The van der Waals surface area contributed by atoms with E-state index < -0.39 is 5.91 Å². The smallest absolute Gasteiger partial charge is 0.278 e. The molecule has 3 N–H and O–H groups in total. The Bertz CT molecular complexity index is 1190. The van der Waals surface area contributed by atoms with E-state index in [2.05, 4.69) is 38.0 Å². The van der Waals surface area contributed by atoms with Gasteiger partial charge >= 0.3 is 0 Å². The van der Waals surface area contributed by atoms with Gasteiger partial charge in [0.15, 0.2) is 19.5 Å². The maximum Gasteiger partial charge on any atom is 0.278 e. The molecule has 5 rings (SSSR count). The fourth-order valence-corrected chi connectivity index (χ4v) is 4.34. The van der Waals surface area contributed by atoms with Gasteiger partial charge in [0.25, 0.3) is 5.91 Å². The number of hydrogen-bond acceptors (Lipinski definition) is 9. The fourth-order valence-electron chi connectivity index (χ4n) is 4.34. The predicted octanol–water partition coefficient (Wildman–Crippen LogP) is 1.21. The number of amides is 1. The van der Waals surface area contributed by atoms with E-state index in [1.54, 1.807) is 18.6 Å². The first-order valence-electron chi connectivity index (χ1n) is 11.7. The first-order chi connectivity index (χ1) is 17.1. The van der Waals surface area contributed by atoms with Crippen molar-refractivity contribution in [3.63, 3.8) is 0 Å². The number of benzene rings is 1. The minimum absolute atomic E-state index is 0.0633. The molecule has 35 heavy (non-hydrogen) atoms. The molecule has 0 saturated carbocycles. The highest BCUT2D eigenvalue weighted by Crippen LogP contribution is 2.27. The van der Waals surface area contributed by atoms with Crippen LogP contribution in [-0.2, 0) is 4.74 Å². The Morgan fingerprint density at radius 1 is 1.14 bits per heavy atom. The van der Waals surface area contributed by atoms with E-state index in [1.165, 1.54) is 0 Å². The third kappa shape index (κ3) is 5.36. The van der Waals surface area contributed by atoms with E-state index in [1.807, 2.05) is 30.3 Å². The zero-order valence-electron chi connectivity index (χ0n) is 19.7. The first kappa shape index (κ1) is 23.1. The number of aromatic nitrogens is 3. The molecule has 2 fully saturated rings. The summed E-state index contributed by atoms with van der Waals surface area (Å²) in [6.07, 6.45) is 6.11. The minimum Gasteiger partial charge on any atom is -0.489 e. The van der Waals surface area contributed by atoms with E-state index in [0.29, 0.717) is 24.6 Å². The van der Waals surface area contributed by atoms with Crippen LogP contribution in [0.3, 0.4) is 0 Å². The molecular weight excluding hydrogens is 445 g/mol. The number of anilines is 3. The Hall–Kier alpha value is -3.70. The van der Waals surface area contributed by atoms with Gasteiger partial charge in [-0.3, -0.25) is 9.78 Å². The number of morpholine rings is 1. The molecule has 180 valence electrons. The minimum atomic E-state index is -0.440. The molecule has 11 heteroatoms. The summed E-state index contributed by atoms with van der Waals surface area (Å²) >= 11 is 0. The molecule has 0 radical (unpaired) electrons. The molecule has 3 aromatic rings. The number of nitrogens with one attached hydrogen (secondary N) is 1. The molecule has 2 aliphatic heterocycles. The third-order valence-electron chi connectivity index (χ3n) is 6.21. The van der Waals surface area contributed by atoms with Crippen molar-refractivity contribution in [2.24, 2.45) is 0 Å². The molecule has 2 aromatic heterocycles. The van der Waals surface area contributed by atoms with Crippen molar-refractivity contribution >= 4 is 31.1 Å². The summed E-state index contributed by atoms with van der Waals surface area (Å²) in [5.74, 6) is 0.431. The van der Waals surface area contributed by atoms with E-state index in [9.17, 15) is 4.79 Å². The summed E-state index contributed by atoms with van der Waals surface area (Å²) in [6, 6.07) is 9.52. The second kappa shape index (κ2) is 10.3. The summed E-state index contributed by atoms with van der Waals surface area (Å²) in [7, 11) is 2.09. The van der Waals surface area contributed by atoms with Gasteiger partial charge in [0.1, 0.15) is 11.9 Å². The summed E-state index contributed by atoms with van der Waals surface area (Å²) in [5, 5.41) is 2.91. The van der Waals surface area contributed by atoms with Crippen LogP contribution < -0.4 is 20.7 Å². The lowest BCUT2D eigenvalue weighted by atomic mass is 10.1. The zero-order chi connectivity index (χ0) is 24.2. The van der Waals surface area contributed by atoms with Gasteiger partial charge in [0, 0.05) is 31.4 Å². The van der Waals surface area contributed by atoms with Gasteiger partial charge in [-0.15, -0.1) is 0 Å². The number of nitrogens with zero attached hydrogens (tertiary/aromatic N) is 5. The van der Waals surface area contributed by atoms with Crippen molar-refractivity contribution in [3.8, 4) is 17.0 Å². The van der Waals surface area contributed by atoms with Gasteiger partial charge in [-0.2, -0.15) is 0 Å². The van der Waals surface area contributed by atoms with Gasteiger partial charge in [0.05, 0.1) is 42.7 Å². The number of nitrogen functional groups attached to an aromatic ring is 1. The number of pyridine rings is 1. The summed E-state index contributed by atoms with van der Waals surface area (Å²) in [4.78, 5) is 30.5. The topological polar surface area (TPSA) is 119 Å². The van der Waals surface area contributed by atoms with Gasteiger partial charge in [-0.05, 0) is 43.3 Å². The molecule has 0 bridgehead atoms. The van der Waals surface area contributed by atoms with Crippen molar-refractivity contribution in [1.82, 2.24) is 19.8 Å². The maximum absolute atomic E-state index is 13.1. The number of nitrogens with two attached hydrogens (primary N) is 1. The van der Waals surface area contributed by atoms with Crippen LogP contribution in [0, 0.1) is 0 Å². The van der Waals surface area contributed by atoms with Crippen molar-refractivity contribution in [1.29, 1.82) is 0 Å². The molecule has 1 amide bonds. The number of carbonyl (C=O) groups is 1. The average molecular weight is 473 g/mol. The Morgan fingerprint density at radius 2 is 1.94 bits per heavy atom. The van der Waals surface area contributed by atoms with Crippen molar-refractivity contribution < 1.29 is 14.3 Å². The highest BCUT2D eigenvalue weighted by atomic mass is 16.5. The maximum atomic E-state index is 13.1. The molecular formula is C24H28BN7O3. The first-order valence-corrected chi connectivity index (χ1v) is 11.7. The highest BCUT2D eigenvalue weighted by molar-refractivity contribution is 6.07. The Morgan fingerprint density at radius 3 is 2.69 bits per heavy atom. The number of carbonyl (C=O) groups excluding carboxylic acids is 1. The SMILES string of the molecule is BN1CC[C@@H](Oc2ccc(-c3cnc(N)c(C(=O)Nc4cnccc4N4CCOCC4)n3)cc2)C1. The molecule has 2 saturated heterocycles. The number of rotatable bonds is 6. The molecule has 0 spiro atoms. The molecule has 10 nitrogen and oxygen atoms in total. The fraction of sp³-hybridized carbons (Fsp3) is 0.333. The van der Waals surface area contributed by atoms with E-state index in [0.717, 1.165) is 49.6 Å². The molecule has 2 aliphatic rings. The van der Waals surface area contributed by atoms with Crippen LogP contribution >= 0.6 is 0 Å². The highest BCUT2D eigenvalue weighted by Gasteiger charge is 2.21. The second-order valence-electron chi connectivity index (χ2n) is 8.75. The lowest BCUT2D eigenvalue weighted by Gasteiger charge is -2.30. The number of ether oxygens (including phenoxy) is 2. The van der Waals surface area contributed by atoms with Crippen LogP contribution in [0.2, 0.25) is 0 Å². The van der Waals surface area contributed by atoms with Crippen molar-refractivity contribution in [2.45, 2.75) is 12.5 Å². The second-order valence-corrected chi connectivity index (χ2v) is 8.75. The summed E-state index contributed by atoms with van der Waals surface area (Å²) in [5.41, 5.74) is 8.93. The van der Waals surface area contributed by atoms with Gasteiger partial charge in [-0.25, -0.2) is 9.97 Å². The lowest BCUT2D eigenvalue weighted by Crippen LogP contribution is -2.36. The largest absolute Gasteiger partial charge is 0.489 e. The average Bonchev–Trinajstić information content (AvgIpc) is 3.30. The summed E-state index contributed by atoms with van der Waals surface area (Å²) in [6.45, 7) is 4.72. The monoisotopic (exact) mass is 473 g/mol. The van der Waals surface area contributed by atoms with E-state index >= 15 is 0 Å². The van der Waals surface area contributed by atoms with Crippen LogP contribution in [0.25, 0.3) is 11.3 Å². The van der Waals surface area contributed by atoms with Crippen LogP contribution in [0.5, 0.6) is 5.75 Å². The van der Waals surface area contributed by atoms with Gasteiger partial charge in [0.2, 0.25) is 0 Å². The Labute approximate surface area is 204 Å². The Kier molecular flexibility index (Phi) is 6.78. The quantitative estimate of drug-likeness (QED) is 0.510. The van der Waals surface area contributed by atoms with Gasteiger partial charge in [-0.1, -0.05) is 0 Å². The normalized spacial score (nSPS) is 18.4. The van der Waals surface area contributed by atoms with Crippen molar-refractivity contribution in [2.75, 3.05) is 55.3 Å². The predicted molar refractivity (Wildman–Crippen MR) is 136 cm³/mol. The van der Waals surface area contributed by atoms with E-state index in [4.69, 9.17) is 15.2 Å². The molecule has 4 heterocycles. The zero-order valence-corrected chi connectivity index (χ0v) is 19.7. The standard InChI is InChI=1S/C24H28BN7O3/c25-32-8-6-18(15-32)35-17-3-1-16(2-4-17)19-14-28-23(26)22(29-19)24(33)30-20-13-27-7-5-21(20)31-9-11-34-12-10-31/h1-5,7,13-14,18H,6,8-12,15,25H2,(H2,26,28)(H,30,33)/t18-/m1/s1.